The Kier molecular flexibility index (Phi) is 7.58. The third-order valence-electron chi connectivity index (χ3n) is 5.52. The van der Waals surface area contributed by atoms with Crippen LogP contribution in [0.15, 0.2) is 47.6 Å². The van der Waals surface area contributed by atoms with E-state index in [0.29, 0.717) is 30.3 Å². The van der Waals surface area contributed by atoms with Crippen LogP contribution in [0.1, 0.15) is 43.1 Å². The Bertz CT molecular complexity index is 1230. The van der Waals surface area contributed by atoms with E-state index in [1.807, 2.05) is 0 Å². The summed E-state index contributed by atoms with van der Waals surface area (Å²) in [7, 11) is 0. The maximum atomic E-state index is 13.8. The van der Waals surface area contributed by atoms with E-state index in [9.17, 15) is 18.8 Å². The van der Waals surface area contributed by atoms with Gasteiger partial charge in [0.05, 0.1) is 17.7 Å². The quantitative estimate of drug-likeness (QED) is 0.324. The molecule has 3 amide bonds. The molecule has 4 rings (SSSR count). The van der Waals surface area contributed by atoms with Gasteiger partial charge in [-0.15, -0.1) is 17.7 Å². The zero-order valence-corrected chi connectivity index (χ0v) is 21.6. The molecule has 0 saturated heterocycles. The summed E-state index contributed by atoms with van der Waals surface area (Å²) in [4.78, 5) is 40.5. The van der Waals surface area contributed by atoms with Gasteiger partial charge in [-0.3, -0.25) is 30.1 Å². The molecule has 2 aromatic carbocycles. The third kappa shape index (κ3) is 6.31. The molecule has 0 bridgehead atoms. The van der Waals surface area contributed by atoms with Gasteiger partial charge in [0.1, 0.15) is 11.4 Å². The first-order valence-corrected chi connectivity index (χ1v) is 12.3. The molecule has 37 heavy (non-hydrogen) atoms. The maximum Gasteiger partial charge on any atom is 0.412 e. The van der Waals surface area contributed by atoms with Gasteiger partial charge in [0.2, 0.25) is 11.9 Å². The van der Waals surface area contributed by atoms with Gasteiger partial charge >= 0.3 is 6.09 Å². The van der Waals surface area contributed by atoms with Crippen molar-refractivity contribution in [2.45, 2.75) is 44.7 Å². The van der Waals surface area contributed by atoms with Crippen LogP contribution in [0.2, 0.25) is 0 Å². The van der Waals surface area contributed by atoms with E-state index in [4.69, 9.17) is 4.74 Å². The van der Waals surface area contributed by atoms with Crippen LogP contribution in [0.3, 0.4) is 0 Å². The van der Waals surface area contributed by atoms with Crippen molar-refractivity contribution in [3.63, 3.8) is 0 Å². The highest BCUT2D eigenvalue weighted by Gasteiger charge is 2.40. The number of rotatable bonds is 7. The van der Waals surface area contributed by atoms with E-state index >= 15 is 0 Å². The average molecular weight is 529 g/mol. The first kappa shape index (κ1) is 26.3. The number of hydrogen-bond donors (Lipinski definition) is 4. The Morgan fingerprint density at radius 1 is 1.19 bits per heavy atom. The van der Waals surface area contributed by atoms with Crippen LogP contribution < -0.4 is 21.0 Å². The van der Waals surface area contributed by atoms with Gasteiger partial charge < -0.3 is 10.1 Å². The number of nitrogens with zero attached hydrogens (tertiary/aromatic N) is 3. The van der Waals surface area contributed by atoms with Crippen LogP contribution in [-0.2, 0) is 16.0 Å². The number of nitrogens with one attached hydrogen (secondary N) is 3. The summed E-state index contributed by atoms with van der Waals surface area (Å²) in [6, 6.07) is 10.9. The Morgan fingerprint density at radius 3 is 2.62 bits per heavy atom. The van der Waals surface area contributed by atoms with Gasteiger partial charge in [0.25, 0.3) is 5.91 Å². The molecular formula is C25H29FN6O4S. The highest BCUT2D eigenvalue weighted by Crippen LogP contribution is 2.33. The summed E-state index contributed by atoms with van der Waals surface area (Å²) in [5, 5.41) is 9.70. The number of hydrazone groups is 1. The zero-order valence-electron chi connectivity index (χ0n) is 20.7. The highest BCUT2D eigenvalue weighted by atomic mass is 32.1. The number of thiol groups is 1. The maximum absolute atomic E-state index is 13.8. The van der Waals surface area contributed by atoms with E-state index < -0.39 is 23.0 Å². The van der Waals surface area contributed by atoms with Gasteiger partial charge in [0.15, 0.2) is 5.50 Å². The van der Waals surface area contributed by atoms with E-state index in [1.54, 1.807) is 49.9 Å². The molecular weight excluding hydrogens is 499 g/mol. The molecule has 2 aliphatic heterocycles. The summed E-state index contributed by atoms with van der Waals surface area (Å²) >= 11 is 4.44. The number of ether oxygens (including phenoxy) is 1. The number of carbonyl (C=O) groups excluding carboxylic acids is 3. The van der Waals surface area contributed by atoms with Crippen LogP contribution in [0.4, 0.5) is 20.6 Å². The van der Waals surface area contributed by atoms with Crippen LogP contribution in [-0.4, -0.2) is 53.0 Å². The second kappa shape index (κ2) is 10.7. The Balaban J connectivity index is 1.26. The number of carbonyl (C=O) groups is 3. The van der Waals surface area contributed by atoms with E-state index in [-0.39, 0.29) is 30.3 Å². The first-order chi connectivity index (χ1) is 17.5. The van der Waals surface area contributed by atoms with Gasteiger partial charge in [-0.25, -0.2) is 9.18 Å². The fraction of sp³-hybridized carbons (Fsp3) is 0.360. The van der Waals surface area contributed by atoms with Crippen molar-refractivity contribution in [2.24, 2.45) is 5.10 Å². The average Bonchev–Trinajstić information content (AvgIpc) is 3.20. The molecule has 0 aromatic heterocycles. The smallest absolute Gasteiger partial charge is 0.412 e. The molecule has 1 atom stereocenters. The largest absolute Gasteiger partial charge is 0.444 e. The molecule has 3 N–H and O–H groups in total. The number of hydrogen-bond acceptors (Lipinski definition) is 8. The van der Waals surface area contributed by atoms with E-state index in [2.05, 4.69) is 33.8 Å². The number of guanidine groups is 1. The highest BCUT2D eigenvalue weighted by molar-refractivity contribution is 7.81. The SMILES string of the molecule is CC(C)(C)OC(=O)Nc1ccc(CC(=O)NCCCN2C(=O)c3cc(F)ccc3N3C2=NNC3S)cc1. The number of amides is 3. The summed E-state index contributed by atoms with van der Waals surface area (Å²) in [6.45, 7) is 5.96. The fourth-order valence-electron chi connectivity index (χ4n) is 3.93. The summed E-state index contributed by atoms with van der Waals surface area (Å²) in [6.07, 6.45) is 0.0739. The molecule has 0 spiro atoms. The Morgan fingerprint density at radius 2 is 1.92 bits per heavy atom. The van der Waals surface area contributed by atoms with Crippen molar-refractivity contribution < 1.29 is 23.5 Å². The molecule has 0 fully saturated rings. The zero-order chi connectivity index (χ0) is 26.7. The number of fused-ring (bicyclic) bond motifs is 3. The van der Waals surface area contributed by atoms with Crippen LogP contribution in [0.5, 0.6) is 0 Å². The first-order valence-electron chi connectivity index (χ1n) is 11.8. The summed E-state index contributed by atoms with van der Waals surface area (Å²) in [5.41, 5.74) is 3.84. The number of anilines is 2. The van der Waals surface area contributed by atoms with Crippen molar-refractivity contribution in [1.29, 1.82) is 0 Å². The van der Waals surface area contributed by atoms with Crippen molar-refractivity contribution >= 4 is 47.9 Å². The number of benzene rings is 2. The minimum absolute atomic E-state index is 0.160. The van der Waals surface area contributed by atoms with E-state index in [1.165, 1.54) is 23.1 Å². The van der Waals surface area contributed by atoms with Crippen molar-refractivity contribution in [3.8, 4) is 0 Å². The molecule has 0 radical (unpaired) electrons. The molecule has 196 valence electrons. The minimum atomic E-state index is -0.596. The summed E-state index contributed by atoms with van der Waals surface area (Å²) in [5.74, 6) is -0.658. The fourth-order valence-corrected chi connectivity index (χ4v) is 4.22. The van der Waals surface area contributed by atoms with Gasteiger partial charge in [-0.1, -0.05) is 12.1 Å². The molecule has 1 unspecified atom stereocenters. The van der Waals surface area contributed by atoms with Crippen LogP contribution >= 0.6 is 12.6 Å². The minimum Gasteiger partial charge on any atom is -0.444 e. The molecule has 2 heterocycles. The molecule has 0 saturated carbocycles. The van der Waals surface area contributed by atoms with Crippen molar-refractivity contribution in [2.75, 3.05) is 23.3 Å². The summed E-state index contributed by atoms with van der Waals surface area (Å²) < 4.78 is 19.0. The Hall–Kier alpha value is -3.80. The third-order valence-corrected chi connectivity index (χ3v) is 5.87. The molecule has 0 aliphatic carbocycles. The molecule has 2 aliphatic rings. The predicted octanol–water partition coefficient (Wildman–Crippen LogP) is 3.27. The van der Waals surface area contributed by atoms with Gasteiger partial charge in [-0.05, 0) is 63.1 Å². The monoisotopic (exact) mass is 528 g/mol. The lowest BCUT2D eigenvalue weighted by atomic mass is 10.1. The van der Waals surface area contributed by atoms with Crippen LogP contribution in [0.25, 0.3) is 0 Å². The van der Waals surface area contributed by atoms with E-state index in [0.717, 1.165) is 5.56 Å². The molecule has 10 nitrogen and oxygen atoms in total. The second-order valence-corrected chi connectivity index (χ2v) is 10.1. The topological polar surface area (TPSA) is 115 Å². The van der Waals surface area contributed by atoms with Crippen molar-refractivity contribution in [1.82, 2.24) is 15.6 Å². The van der Waals surface area contributed by atoms with Gasteiger partial charge in [-0.2, -0.15) is 0 Å². The lowest BCUT2D eigenvalue weighted by Crippen LogP contribution is -2.53. The van der Waals surface area contributed by atoms with Gasteiger partial charge in [0, 0.05) is 18.8 Å². The molecule has 2 aromatic rings. The van der Waals surface area contributed by atoms with Crippen LogP contribution in [0, 0.1) is 5.82 Å². The normalized spacial score (nSPS) is 16.4. The number of halogens is 1. The standard InChI is InChI=1S/C25H29FN6O4S/c1-25(2,3)36-24(35)28-17-8-5-15(6-9-17)13-20(33)27-11-4-12-31-21(34)18-14-16(26)7-10-19(18)32-22(31)29-30-23(32)37/h5-10,14,23,30,37H,4,11-13H2,1-3H3,(H,27,33)(H,28,35). The Labute approximate surface area is 219 Å². The lowest BCUT2D eigenvalue weighted by molar-refractivity contribution is -0.120. The second-order valence-electron chi connectivity index (χ2n) is 9.61. The van der Waals surface area contributed by atoms with Crippen molar-refractivity contribution in [3.05, 3.63) is 59.4 Å². The molecule has 12 heteroatoms. The lowest BCUT2D eigenvalue weighted by Gasteiger charge is -2.36. The predicted molar refractivity (Wildman–Crippen MR) is 141 cm³/mol.